The molecule has 0 atom stereocenters. The molecule has 0 saturated carbocycles. The molecule has 0 radical (unpaired) electrons. The van der Waals surface area contributed by atoms with Crippen molar-refractivity contribution in [2.75, 3.05) is 0 Å². The van der Waals surface area contributed by atoms with Crippen LogP contribution in [0.4, 0.5) is 0 Å². The molecule has 0 N–H and O–H groups in total. The lowest BCUT2D eigenvalue weighted by Gasteiger charge is -2.17. The van der Waals surface area contributed by atoms with Crippen LogP contribution >= 0.6 is 0 Å². The van der Waals surface area contributed by atoms with E-state index in [4.69, 9.17) is 0 Å². The topological polar surface area (TPSA) is 14.8 Å². The first-order chi connectivity index (χ1) is 30.6. The molecule has 3 heteroatoms. The fourth-order valence-corrected chi connectivity index (χ4v) is 9.60. The molecule has 300 valence electrons. The van der Waals surface area contributed by atoms with Gasteiger partial charge in [0.1, 0.15) is 0 Å². The number of fused-ring (bicyclic) bond motifs is 7. The van der Waals surface area contributed by atoms with Crippen molar-refractivity contribution in [3.8, 4) is 33.6 Å². The highest BCUT2D eigenvalue weighted by molar-refractivity contribution is 6.23. The first-order valence-electron chi connectivity index (χ1n) is 21.7. The minimum Gasteiger partial charge on any atom is -0.309 e. The number of para-hydroxylation sites is 2. The number of rotatable bonds is 9. The van der Waals surface area contributed by atoms with Crippen LogP contribution < -0.4 is 0 Å². The van der Waals surface area contributed by atoms with Gasteiger partial charge in [-0.3, -0.25) is 0 Å². The van der Waals surface area contributed by atoms with Crippen LogP contribution in [-0.4, -0.2) is 13.7 Å². The normalized spacial score (nSPS) is 14.1. The van der Waals surface area contributed by atoms with Crippen molar-refractivity contribution in [3.63, 3.8) is 0 Å². The van der Waals surface area contributed by atoms with Gasteiger partial charge in [0.15, 0.2) is 0 Å². The second-order valence-electron chi connectivity index (χ2n) is 15.8. The Hall–Kier alpha value is -7.62. The summed E-state index contributed by atoms with van der Waals surface area (Å²) in [5.74, 6) is 0. The van der Waals surface area contributed by atoms with Gasteiger partial charge in [-0.05, 0) is 134 Å². The van der Waals surface area contributed by atoms with Crippen LogP contribution in [0, 0.1) is 0 Å². The van der Waals surface area contributed by atoms with Gasteiger partial charge < -0.3 is 13.7 Å². The SMILES string of the molecule is C=Cc1c(/C=C\C)n(C2=CC=CCC=C2)c2c3ccc4c(c5c(n4-c4ccccc4-c4cc(C(/C=C\C)=C/C)cc(-c6ccccc6)c4)C=CCC=C5)c3n(-c3ccccc3)c12. The summed E-state index contributed by atoms with van der Waals surface area (Å²) in [7, 11) is 0. The average molecular weight is 800 g/mol. The summed E-state index contributed by atoms with van der Waals surface area (Å²) in [5, 5.41) is 2.41. The molecule has 3 aromatic heterocycles. The second-order valence-corrected chi connectivity index (χ2v) is 15.8. The number of aromatic nitrogens is 3. The maximum atomic E-state index is 4.45. The van der Waals surface area contributed by atoms with Gasteiger partial charge >= 0.3 is 0 Å². The summed E-state index contributed by atoms with van der Waals surface area (Å²) in [4.78, 5) is 0. The lowest BCUT2D eigenvalue weighted by Crippen LogP contribution is -2.01. The first kappa shape index (κ1) is 38.6. The number of nitrogens with zero attached hydrogens (tertiary/aromatic N) is 3. The minimum atomic E-state index is 0.862. The van der Waals surface area contributed by atoms with Crippen LogP contribution in [0.25, 0.3) is 102 Å². The molecule has 0 bridgehead atoms. The zero-order valence-corrected chi connectivity index (χ0v) is 35.6. The van der Waals surface area contributed by atoms with E-state index in [1.165, 1.54) is 66.5 Å². The van der Waals surface area contributed by atoms with Crippen LogP contribution in [0.2, 0.25) is 0 Å². The summed E-state index contributed by atoms with van der Waals surface area (Å²) in [6, 6.07) is 42.3. The summed E-state index contributed by atoms with van der Waals surface area (Å²) in [6.07, 6.45) is 35.1. The fraction of sp³-hybridized carbons (Fsp3) is 0.0847. The summed E-state index contributed by atoms with van der Waals surface area (Å²) in [6.45, 7) is 10.7. The molecule has 8 aromatic rings. The van der Waals surface area contributed by atoms with E-state index in [0.717, 1.165) is 52.2 Å². The average Bonchev–Trinajstić information content (AvgIpc) is 3.70. The van der Waals surface area contributed by atoms with Crippen LogP contribution in [0.5, 0.6) is 0 Å². The third kappa shape index (κ3) is 6.37. The molecule has 0 unspecified atom stereocenters. The highest BCUT2D eigenvalue weighted by atomic mass is 15.1. The molecule has 5 aromatic carbocycles. The molecule has 0 amide bonds. The monoisotopic (exact) mass is 799 g/mol. The smallest absolute Gasteiger partial charge is 0.0804 e. The minimum absolute atomic E-state index is 0.862. The standard InChI is InChI=1S/C59H49N3/c1-5-24-41(7-3)43-38-44(42-26-14-11-15-27-42)40-45(39-43)49-32-22-23-35-53(49)62-54-34-21-13-20-33-50(54)56-55(62)37-36-51-57(56)61(47-30-18-12-19-31-47)58-48(8-4)52(25-6-2)60(59(51)58)46-28-16-9-10-17-29-46/h5-9,11-12,14-40H,4,10,13H2,1-3H3/b24-5-,25-6-,41-7+. The molecule has 2 aliphatic carbocycles. The highest BCUT2D eigenvalue weighted by Crippen LogP contribution is 2.47. The number of hydrogen-bond acceptors (Lipinski definition) is 0. The van der Waals surface area contributed by atoms with Gasteiger partial charge in [-0.25, -0.2) is 0 Å². The summed E-state index contributed by atoms with van der Waals surface area (Å²) in [5.41, 5.74) is 19.7. The zero-order chi connectivity index (χ0) is 42.2. The van der Waals surface area contributed by atoms with E-state index >= 15 is 0 Å². The van der Waals surface area contributed by atoms with Crippen molar-refractivity contribution in [2.24, 2.45) is 0 Å². The predicted octanol–water partition coefficient (Wildman–Crippen LogP) is 16.3. The van der Waals surface area contributed by atoms with E-state index in [0.29, 0.717) is 0 Å². The molecular weight excluding hydrogens is 751 g/mol. The van der Waals surface area contributed by atoms with Crippen LogP contribution in [0.15, 0.2) is 189 Å². The molecule has 62 heavy (non-hydrogen) atoms. The molecular formula is C59H49N3. The third-order valence-electron chi connectivity index (χ3n) is 12.2. The summed E-state index contributed by atoms with van der Waals surface area (Å²) >= 11 is 0. The molecule has 0 saturated heterocycles. The van der Waals surface area contributed by atoms with Crippen LogP contribution in [0.1, 0.15) is 61.7 Å². The van der Waals surface area contributed by atoms with Gasteiger partial charge in [0.05, 0.1) is 39.1 Å². The van der Waals surface area contributed by atoms with Crippen LogP contribution in [0.3, 0.4) is 0 Å². The molecule has 2 aliphatic rings. The van der Waals surface area contributed by atoms with Gasteiger partial charge in [0.2, 0.25) is 0 Å². The Morgan fingerprint density at radius 2 is 1.37 bits per heavy atom. The van der Waals surface area contributed by atoms with Crippen molar-refractivity contribution in [1.82, 2.24) is 13.7 Å². The third-order valence-corrected chi connectivity index (χ3v) is 12.2. The van der Waals surface area contributed by atoms with Crippen molar-refractivity contribution in [1.29, 1.82) is 0 Å². The maximum Gasteiger partial charge on any atom is 0.0804 e. The lowest BCUT2D eigenvalue weighted by atomic mass is 9.92. The molecule has 10 rings (SSSR count). The zero-order valence-electron chi connectivity index (χ0n) is 35.6. The van der Waals surface area contributed by atoms with Gasteiger partial charge in [-0.1, -0.05) is 140 Å². The Labute approximate surface area is 364 Å². The Bertz CT molecular complexity index is 3300. The molecule has 3 heterocycles. The Kier molecular flexibility index (Phi) is 10.2. The largest absolute Gasteiger partial charge is 0.309 e. The molecule has 0 fully saturated rings. The van der Waals surface area contributed by atoms with E-state index in [1.807, 2.05) is 6.08 Å². The highest BCUT2D eigenvalue weighted by Gasteiger charge is 2.29. The Morgan fingerprint density at radius 3 is 2.16 bits per heavy atom. The number of benzene rings is 5. The predicted molar refractivity (Wildman–Crippen MR) is 270 cm³/mol. The van der Waals surface area contributed by atoms with E-state index in [9.17, 15) is 0 Å². The lowest BCUT2D eigenvalue weighted by molar-refractivity contribution is 1.11. The maximum absolute atomic E-state index is 4.45. The Morgan fingerprint density at radius 1 is 0.629 bits per heavy atom. The van der Waals surface area contributed by atoms with Gasteiger partial charge in [0.25, 0.3) is 0 Å². The van der Waals surface area contributed by atoms with Crippen molar-refractivity contribution in [3.05, 3.63) is 217 Å². The molecule has 3 nitrogen and oxygen atoms in total. The van der Waals surface area contributed by atoms with Crippen LogP contribution in [-0.2, 0) is 0 Å². The number of hydrogen-bond donors (Lipinski definition) is 0. The Balaban J connectivity index is 1.34. The molecule has 0 aliphatic heterocycles. The second kappa shape index (κ2) is 16.4. The first-order valence-corrected chi connectivity index (χ1v) is 21.7. The van der Waals surface area contributed by atoms with E-state index in [-0.39, 0.29) is 0 Å². The van der Waals surface area contributed by atoms with Gasteiger partial charge in [-0.15, -0.1) is 0 Å². The van der Waals surface area contributed by atoms with Crippen molar-refractivity contribution in [2.45, 2.75) is 33.6 Å². The van der Waals surface area contributed by atoms with Gasteiger partial charge in [-0.2, -0.15) is 0 Å². The quantitative estimate of drug-likeness (QED) is 0.129. The fourth-order valence-electron chi connectivity index (χ4n) is 9.60. The van der Waals surface area contributed by atoms with E-state index < -0.39 is 0 Å². The van der Waals surface area contributed by atoms with E-state index in [2.05, 4.69) is 241 Å². The number of allylic oxidation sites excluding steroid dienone is 13. The van der Waals surface area contributed by atoms with Crippen molar-refractivity contribution < 1.29 is 0 Å². The summed E-state index contributed by atoms with van der Waals surface area (Å²) < 4.78 is 7.45. The van der Waals surface area contributed by atoms with Crippen molar-refractivity contribution >= 4 is 68.4 Å². The molecule has 0 spiro atoms. The van der Waals surface area contributed by atoms with E-state index in [1.54, 1.807) is 0 Å². The van der Waals surface area contributed by atoms with Gasteiger partial charge in [0, 0.05) is 38.8 Å².